The van der Waals surface area contributed by atoms with Crippen molar-refractivity contribution in [3.63, 3.8) is 0 Å². The summed E-state index contributed by atoms with van der Waals surface area (Å²) in [6, 6.07) is 16.8. The van der Waals surface area contributed by atoms with Crippen LogP contribution in [0, 0.1) is 5.82 Å². The molecule has 0 aliphatic heterocycles. The first-order valence-electron chi connectivity index (χ1n) is 9.26. The molecule has 0 bridgehead atoms. The van der Waals surface area contributed by atoms with Gasteiger partial charge in [-0.25, -0.2) is 17.6 Å². The van der Waals surface area contributed by atoms with E-state index < -0.39 is 27.7 Å². The van der Waals surface area contributed by atoms with E-state index in [4.69, 9.17) is 4.74 Å². The summed E-state index contributed by atoms with van der Waals surface area (Å²) >= 11 is 0. The topological polar surface area (TPSA) is 102 Å². The molecule has 0 atom stereocenters. The van der Waals surface area contributed by atoms with Gasteiger partial charge in [-0.05, 0) is 55.5 Å². The molecule has 0 radical (unpaired) electrons. The number of rotatable bonds is 7. The zero-order valence-corrected chi connectivity index (χ0v) is 17.3. The van der Waals surface area contributed by atoms with Gasteiger partial charge in [0.15, 0.2) is 0 Å². The van der Waals surface area contributed by atoms with Crippen LogP contribution in [0.3, 0.4) is 0 Å². The fraction of sp³-hybridized carbons (Fsp3) is 0.0909. The van der Waals surface area contributed by atoms with Crippen molar-refractivity contribution in [2.45, 2.75) is 11.8 Å². The Bertz CT molecular complexity index is 1230. The van der Waals surface area contributed by atoms with Gasteiger partial charge >= 0.3 is 5.97 Å². The molecule has 1 amide bonds. The Labute approximate surface area is 178 Å². The highest BCUT2D eigenvalue weighted by molar-refractivity contribution is 7.92. The highest BCUT2D eigenvalue weighted by atomic mass is 32.2. The van der Waals surface area contributed by atoms with Gasteiger partial charge in [-0.15, -0.1) is 0 Å². The highest BCUT2D eigenvalue weighted by Gasteiger charge is 2.18. The number of anilines is 2. The number of esters is 1. The van der Waals surface area contributed by atoms with Crippen LogP contribution < -0.4 is 10.0 Å². The zero-order chi connectivity index (χ0) is 22.4. The molecule has 3 rings (SSSR count). The quantitative estimate of drug-likeness (QED) is 0.538. The number of benzene rings is 3. The van der Waals surface area contributed by atoms with Crippen molar-refractivity contribution in [1.29, 1.82) is 0 Å². The van der Waals surface area contributed by atoms with E-state index in [1.807, 2.05) is 0 Å². The SMILES string of the molecule is CCOC(=O)c1cccc(NC(=O)c2cccc(S(=O)(=O)Nc3ccccc3F)c2)c1. The maximum atomic E-state index is 13.8. The van der Waals surface area contributed by atoms with Gasteiger partial charge in [-0.1, -0.05) is 24.3 Å². The molecule has 0 fully saturated rings. The summed E-state index contributed by atoms with van der Waals surface area (Å²) in [5, 5.41) is 2.61. The highest BCUT2D eigenvalue weighted by Crippen LogP contribution is 2.20. The summed E-state index contributed by atoms with van der Waals surface area (Å²) in [6.45, 7) is 1.91. The lowest BCUT2D eigenvalue weighted by atomic mass is 10.1. The molecule has 0 heterocycles. The number of halogens is 1. The number of para-hydroxylation sites is 1. The summed E-state index contributed by atoms with van der Waals surface area (Å²) in [7, 11) is -4.12. The average molecular weight is 442 g/mol. The number of ether oxygens (including phenoxy) is 1. The summed E-state index contributed by atoms with van der Waals surface area (Å²) in [4.78, 5) is 24.3. The number of amides is 1. The molecule has 31 heavy (non-hydrogen) atoms. The van der Waals surface area contributed by atoms with E-state index >= 15 is 0 Å². The van der Waals surface area contributed by atoms with Gasteiger partial charge in [-0.3, -0.25) is 9.52 Å². The summed E-state index contributed by atoms with van der Waals surface area (Å²) < 4.78 is 46.1. The standard InChI is InChI=1S/C22H19FN2O5S/c1-2-30-22(27)16-8-5-9-17(13-16)24-21(26)15-7-6-10-18(14-15)31(28,29)25-20-12-4-3-11-19(20)23/h3-14,25H,2H2,1H3,(H,24,26). The van der Waals surface area contributed by atoms with Gasteiger partial charge in [0, 0.05) is 11.3 Å². The molecule has 0 spiro atoms. The first kappa shape index (κ1) is 22.0. The number of carbonyl (C=O) groups excluding carboxylic acids is 2. The second-order valence-corrected chi connectivity index (χ2v) is 8.05. The first-order valence-corrected chi connectivity index (χ1v) is 10.7. The van der Waals surface area contributed by atoms with Crippen molar-refractivity contribution in [2.75, 3.05) is 16.6 Å². The second-order valence-electron chi connectivity index (χ2n) is 6.37. The fourth-order valence-corrected chi connectivity index (χ4v) is 3.81. The van der Waals surface area contributed by atoms with E-state index in [2.05, 4.69) is 10.0 Å². The molecule has 3 aromatic carbocycles. The molecule has 0 aromatic heterocycles. The Kier molecular flexibility index (Phi) is 6.66. The number of hydrogen-bond acceptors (Lipinski definition) is 5. The maximum Gasteiger partial charge on any atom is 0.338 e. The molecule has 3 aromatic rings. The Morgan fingerprint density at radius 3 is 2.39 bits per heavy atom. The molecule has 0 unspecified atom stereocenters. The van der Waals surface area contributed by atoms with E-state index in [9.17, 15) is 22.4 Å². The van der Waals surface area contributed by atoms with Crippen LogP contribution >= 0.6 is 0 Å². The van der Waals surface area contributed by atoms with Crippen molar-refractivity contribution in [1.82, 2.24) is 0 Å². The van der Waals surface area contributed by atoms with E-state index in [1.54, 1.807) is 25.1 Å². The fourth-order valence-electron chi connectivity index (χ4n) is 2.69. The second kappa shape index (κ2) is 9.40. The van der Waals surface area contributed by atoms with Crippen molar-refractivity contribution in [3.8, 4) is 0 Å². The molecule has 0 aliphatic rings. The van der Waals surface area contributed by atoms with Gasteiger partial charge in [0.05, 0.1) is 22.8 Å². The molecule has 9 heteroatoms. The monoisotopic (exact) mass is 442 g/mol. The molecule has 160 valence electrons. The molecule has 2 N–H and O–H groups in total. The third-order valence-electron chi connectivity index (χ3n) is 4.16. The van der Waals surface area contributed by atoms with Crippen molar-refractivity contribution in [2.24, 2.45) is 0 Å². The van der Waals surface area contributed by atoms with Crippen LogP contribution in [-0.2, 0) is 14.8 Å². The van der Waals surface area contributed by atoms with Crippen molar-refractivity contribution < 1.29 is 27.1 Å². The van der Waals surface area contributed by atoms with Gasteiger partial charge in [0.1, 0.15) is 5.82 Å². The minimum Gasteiger partial charge on any atom is -0.462 e. The maximum absolute atomic E-state index is 13.8. The predicted octanol–water partition coefficient (Wildman–Crippen LogP) is 4.06. The lowest BCUT2D eigenvalue weighted by Gasteiger charge is -2.11. The molecule has 0 aliphatic carbocycles. The summed E-state index contributed by atoms with van der Waals surface area (Å²) in [5.74, 6) is -1.82. The number of carbonyl (C=O) groups is 2. The van der Waals surface area contributed by atoms with Gasteiger partial charge in [0.2, 0.25) is 0 Å². The summed E-state index contributed by atoms with van der Waals surface area (Å²) in [6.07, 6.45) is 0. The first-order chi connectivity index (χ1) is 14.8. The minimum atomic E-state index is -4.12. The van der Waals surface area contributed by atoms with E-state index in [0.717, 1.165) is 6.07 Å². The normalized spacial score (nSPS) is 10.9. The molecular weight excluding hydrogens is 423 g/mol. The largest absolute Gasteiger partial charge is 0.462 e. The summed E-state index contributed by atoms with van der Waals surface area (Å²) in [5.41, 5.74) is 0.476. The van der Waals surface area contributed by atoms with Crippen LogP contribution in [0.4, 0.5) is 15.8 Å². The Hall–Kier alpha value is -3.72. The van der Waals surface area contributed by atoms with E-state index in [0.29, 0.717) is 5.69 Å². The zero-order valence-electron chi connectivity index (χ0n) is 16.5. The number of sulfonamides is 1. The van der Waals surface area contributed by atoms with Crippen LogP contribution in [0.5, 0.6) is 0 Å². The van der Waals surface area contributed by atoms with Crippen molar-refractivity contribution >= 4 is 33.3 Å². The predicted molar refractivity (Wildman–Crippen MR) is 114 cm³/mol. The molecule has 0 saturated heterocycles. The van der Waals surface area contributed by atoms with Crippen LogP contribution in [0.1, 0.15) is 27.6 Å². The molecule has 0 saturated carbocycles. The van der Waals surface area contributed by atoms with E-state index in [1.165, 1.54) is 48.5 Å². The lowest BCUT2D eigenvalue weighted by molar-refractivity contribution is 0.0526. The Morgan fingerprint density at radius 1 is 0.935 bits per heavy atom. The van der Waals surface area contributed by atoms with Crippen molar-refractivity contribution in [3.05, 3.63) is 89.7 Å². The van der Waals surface area contributed by atoms with Crippen LogP contribution in [0.15, 0.2) is 77.7 Å². The Balaban J connectivity index is 1.80. The van der Waals surface area contributed by atoms with Crippen LogP contribution in [0.25, 0.3) is 0 Å². The molecule has 7 nitrogen and oxygen atoms in total. The third-order valence-corrected chi connectivity index (χ3v) is 5.52. The van der Waals surface area contributed by atoms with Crippen LogP contribution in [-0.4, -0.2) is 26.9 Å². The van der Waals surface area contributed by atoms with Gasteiger partial charge in [-0.2, -0.15) is 0 Å². The number of nitrogens with one attached hydrogen (secondary N) is 2. The lowest BCUT2D eigenvalue weighted by Crippen LogP contribution is -2.16. The Morgan fingerprint density at radius 2 is 1.65 bits per heavy atom. The molecular formula is C22H19FN2O5S. The van der Waals surface area contributed by atoms with Crippen LogP contribution in [0.2, 0.25) is 0 Å². The minimum absolute atomic E-state index is 0.0675. The van der Waals surface area contributed by atoms with Gasteiger partial charge < -0.3 is 10.1 Å². The average Bonchev–Trinajstić information content (AvgIpc) is 2.76. The number of hydrogen-bond donors (Lipinski definition) is 2. The third kappa shape index (κ3) is 5.46. The van der Waals surface area contributed by atoms with Gasteiger partial charge in [0.25, 0.3) is 15.9 Å². The van der Waals surface area contributed by atoms with E-state index in [-0.39, 0.29) is 28.3 Å². The smallest absolute Gasteiger partial charge is 0.338 e.